The number of benzene rings is 1. The molecule has 0 spiro atoms. The summed E-state index contributed by atoms with van der Waals surface area (Å²) < 4.78 is 0. The molecule has 0 aliphatic heterocycles. The Bertz CT molecular complexity index is 623. The number of anilines is 1. The molecule has 25 heavy (non-hydrogen) atoms. The van der Waals surface area contributed by atoms with E-state index in [9.17, 15) is 9.59 Å². The zero-order valence-electron chi connectivity index (χ0n) is 14.4. The molecule has 0 radical (unpaired) electrons. The molecule has 3 N–H and O–H groups in total. The van der Waals surface area contributed by atoms with Crippen molar-refractivity contribution >= 4 is 41.1 Å². The maximum atomic E-state index is 12.2. The predicted molar refractivity (Wildman–Crippen MR) is 102 cm³/mol. The Morgan fingerprint density at radius 1 is 1.36 bits per heavy atom. The van der Waals surface area contributed by atoms with Gasteiger partial charge in [-0.25, -0.2) is 4.79 Å². The van der Waals surface area contributed by atoms with Gasteiger partial charge in [0.2, 0.25) is 0 Å². The van der Waals surface area contributed by atoms with Crippen molar-refractivity contribution in [2.24, 2.45) is 0 Å². The SMILES string of the molecule is CCSc1ccc(Cl)cc1NC(=O)NC1CC(N(CC)CC(=O)O)C1. The number of halogens is 1. The van der Waals surface area contributed by atoms with Crippen molar-refractivity contribution in [1.29, 1.82) is 0 Å². The first-order valence-electron chi connectivity index (χ1n) is 8.38. The summed E-state index contributed by atoms with van der Waals surface area (Å²) in [6.07, 6.45) is 1.53. The molecular weight excluding hydrogens is 362 g/mol. The van der Waals surface area contributed by atoms with Crippen LogP contribution in [0.2, 0.25) is 5.02 Å². The quantitative estimate of drug-likeness (QED) is 0.596. The van der Waals surface area contributed by atoms with Gasteiger partial charge in [0.15, 0.2) is 0 Å². The number of nitrogens with one attached hydrogen (secondary N) is 2. The average Bonchev–Trinajstić information content (AvgIpc) is 2.51. The topological polar surface area (TPSA) is 81.7 Å². The monoisotopic (exact) mass is 385 g/mol. The third-order valence-electron chi connectivity index (χ3n) is 4.20. The summed E-state index contributed by atoms with van der Waals surface area (Å²) in [5.74, 6) is 0.0801. The van der Waals surface area contributed by atoms with Crippen LogP contribution in [-0.2, 0) is 4.79 Å². The second-order valence-corrected chi connectivity index (χ2v) is 7.69. The molecule has 0 heterocycles. The Morgan fingerprint density at radius 2 is 2.08 bits per heavy atom. The van der Waals surface area contributed by atoms with Crippen LogP contribution in [0.25, 0.3) is 0 Å². The van der Waals surface area contributed by atoms with Gasteiger partial charge < -0.3 is 15.7 Å². The zero-order valence-corrected chi connectivity index (χ0v) is 16.0. The Hall–Kier alpha value is -1.44. The van der Waals surface area contributed by atoms with E-state index < -0.39 is 5.97 Å². The van der Waals surface area contributed by atoms with Crippen molar-refractivity contribution in [3.63, 3.8) is 0 Å². The number of amides is 2. The number of carbonyl (C=O) groups is 2. The van der Waals surface area contributed by atoms with Crippen LogP contribution in [0.15, 0.2) is 23.1 Å². The molecule has 1 aliphatic rings. The fraction of sp³-hybridized carbons (Fsp3) is 0.529. The summed E-state index contributed by atoms with van der Waals surface area (Å²) in [4.78, 5) is 26.0. The second kappa shape index (κ2) is 9.31. The van der Waals surface area contributed by atoms with Crippen LogP contribution in [0.5, 0.6) is 0 Å². The van der Waals surface area contributed by atoms with Crippen molar-refractivity contribution in [1.82, 2.24) is 10.2 Å². The van der Waals surface area contributed by atoms with E-state index in [2.05, 4.69) is 10.6 Å². The van der Waals surface area contributed by atoms with Gasteiger partial charge in [-0.15, -0.1) is 11.8 Å². The Morgan fingerprint density at radius 3 is 2.68 bits per heavy atom. The largest absolute Gasteiger partial charge is 0.480 e. The van der Waals surface area contributed by atoms with E-state index in [0.717, 1.165) is 23.5 Å². The van der Waals surface area contributed by atoms with E-state index in [1.54, 1.807) is 23.9 Å². The average molecular weight is 386 g/mol. The summed E-state index contributed by atoms with van der Waals surface area (Å²) in [5, 5.41) is 15.3. The molecule has 8 heteroatoms. The van der Waals surface area contributed by atoms with Crippen molar-refractivity contribution in [3.8, 4) is 0 Å². The molecule has 0 bridgehead atoms. The van der Waals surface area contributed by atoms with Crippen molar-refractivity contribution in [2.45, 2.75) is 43.7 Å². The lowest BCUT2D eigenvalue weighted by atomic mass is 9.85. The highest BCUT2D eigenvalue weighted by atomic mass is 35.5. The standard InChI is InChI=1S/C17H24ClN3O3S/c1-3-21(10-16(22)23)13-8-12(9-13)19-17(24)20-14-7-11(18)5-6-15(14)25-4-2/h5-7,12-13H,3-4,8-10H2,1-2H3,(H,22,23)(H2,19,20,24). The molecule has 1 saturated carbocycles. The van der Waals surface area contributed by atoms with Gasteiger partial charge in [0.1, 0.15) is 0 Å². The number of hydrogen-bond donors (Lipinski definition) is 3. The summed E-state index contributed by atoms with van der Waals surface area (Å²) in [5.41, 5.74) is 0.703. The first kappa shape index (κ1) is 19.9. The molecule has 6 nitrogen and oxygen atoms in total. The summed E-state index contributed by atoms with van der Waals surface area (Å²) in [7, 11) is 0. The smallest absolute Gasteiger partial charge is 0.319 e. The van der Waals surface area contributed by atoms with E-state index >= 15 is 0 Å². The highest BCUT2D eigenvalue weighted by Gasteiger charge is 2.34. The van der Waals surface area contributed by atoms with Crippen molar-refractivity contribution in [3.05, 3.63) is 23.2 Å². The molecule has 0 aromatic heterocycles. The van der Waals surface area contributed by atoms with Gasteiger partial charge >= 0.3 is 12.0 Å². The van der Waals surface area contributed by atoms with Gasteiger partial charge in [0, 0.05) is 22.0 Å². The number of carboxylic acid groups (broad SMARTS) is 1. The number of carbonyl (C=O) groups excluding carboxylic acids is 1. The maximum absolute atomic E-state index is 12.2. The van der Waals surface area contributed by atoms with Gasteiger partial charge in [-0.2, -0.15) is 0 Å². The molecule has 1 fully saturated rings. The Balaban J connectivity index is 1.84. The number of nitrogens with zero attached hydrogens (tertiary/aromatic N) is 1. The molecule has 0 unspecified atom stereocenters. The molecule has 1 aromatic rings. The number of carboxylic acids is 1. The number of likely N-dealkylation sites (N-methyl/N-ethyl adjacent to an activating group) is 1. The first-order valence-corrected chi connectivity index (χ1v) is 9.75. The van der Waals surface area contributed by atoms with Crippen molar-refractivity contribution in [2.75, 3.05) is 24.2 Å². The van der Waals surface area contributed by atoms with Crippen LogP contribution in [-0.4, -0.2) is 52.9 Å². The fourth-order valence-corrected chi connectivity index (χ4v) is 3.81. The summed E-state index contributed by atoms with van der Waals surface area (Å²) in [6.45, 7) is 4.73. The lowest BCUT2D eigenvalue weighted by Gasteiger charge is -2.42. The minimum Gasteiger partial charge on any atom is -0.480 e. The normalized spacial score (nSPS) is 19.4. The van der Waals surface area contributed by atoms with Crippen LogP contribution in [0.4, 0.5) is 10.5 Å². The minimum absolute atomic E-state index is 0.0419. The fourth-order valence-electron chi connectivity index (χ4n) is 2.90. The van der Waals surface area contributed by atoms with Gasteiger partial charge in [-0.05, 0) is 43.3 Å². The Kier molecular flexibility index (Phi) is 7.40. The molecular formula is C17H24ClN3O3S. The highest BCUT2D eigenvalue weighted by Crippen LogP contribution is 2.30. The third kappa shape index (κ3) is 5.80. The molecule has 0 atom stereocenters. The minimum atomic E-state index is -0.821. The second-order valence-electron chi connectivity index (χ2n) is 5.95. The lowest BCUT2D eigenvalue weighted by molar-refractivity contribution is -0.139. The number of thioether (sulfide) groups is 1. The zero-order chi connectivity index (χ0) is 18.4. The van der Waals surface area contributed by atoms with Gasteiger partial charge in [0.25, 0.3) is 0 Å². The molecule has 1 aromatic carbocycles. The van der Waals surface area contributed by atoms with E-state index in [1.165, 1.54) is 0 Å². The Labute approximate surface area is 157 Å². The van der Waals surface area contributed by atoms with Crippen molar-refractivity contribution < 1.29 is 14.7 Å². The van der Waals surface area contributed by atoms with Crippen LogP contribution in [0.1, 0.15) is 26.7 Å². The van der Waals surface area contributed by atoms with E-state index in [1.807, 2.05) is 24.8 Å². The van der Waals surface area contributed by atoms with Crippen LogP contribution < -0.4 is 10.6 Å². The maximum Gasteiger partial charge on any atom is 0.319 e. The van der Waals surface area contributed by atoms with Crippen LogP contribution >= 0.6 is 23.4 Å². The molecule has 2 amide bonds. The molecule has 2 rings (SSSR count). The number of aliphatic carboxylic acids is 1. The van der Waals surface area contributed by atoms with Gasteiger partial charge in [0.05, 0.1) is 12.2 Å². The van der Waals surface area contributed by atoms with E-state index in [4.69, 9.17) is 16.7 Å². The first-order chi connectivity index (χ1) is 11.9. The summed E-state index contributed by atoms with van der Waals surface area (Å²) >= 11 is 7.66. The molecule has 1 aliphatic carbocycles. The van der Waals surface area contributed by atoms with Crippen LogP contribution in [0.3, 0.4) is 0 Å². The number of urea groups is 1. The predicted octanol–water partition coefficient (Wildman–Crippen LogP) is 3.51. The lowest BCUT2D eigenvalue weighted by Crippen LogP contribution is -2.55. The third-order valence-corrected chi connectivity index (χ3v) is 5.39. The van der Waals surface area contributed by atoms with Gasteiger partial charge in [-0.3, -0.25) is 9.69 Å². The molecule has 138 valence electrons. The van der Waals surface area contributed by atoms with Crippen LogP contribution in [0, 0.1) is 0 Å². The number of hydrogen-bond acceptors (Lipinski definition) is 4. The molecule has 0 saturated heterocycles. The van der Waals surface area contributed by atoms with Gasteiger partial charge in [-0.1, -0.05) is 25.4 Å². The summed E-state index contributed by atoms with van der Waals surface area (Å²) in [6, 6.07) is 5.47. The highest BCUT2D eigenvalue weighted by molar-refractivity contribution is 7.99. The van der Waals surface area contributed by atoms with E-state index in [-0.39, 0.29) is 24.7 Å². The number of rotatable bonds is 8. The van der Waals surface area contributed by atoms with E-state index in [0.29, 0.717) is 17.3 Å².